The Bertz CT molecular complexity index is 761. The van der Waals surface area contributed by atoms with Crippen LogP contribution in [0.4, 0.5) is 13.2 Å². The van der Waals surface area contributed by atoms with Crippen molar-refractivity contribution in [1.29, 1.82) is 5.26 Å². The summed E-state index contributed by atoms with van der Waals surface area (Å²) in [6.45, 7) is 0. The van der Waals surface area contributed by atoms with E-state index in [1.54, 1.807) is 11.4 Å². The highest BCUT2D eigenvalue weighted by atomic mass is 32.1. The summed E-state index contributed by atoms with van der Waals surface area (Å²) in [5.74, 6) is 4.84. The van der Waals surface area contributed by atoms with Crippen LogP contribution in [0, 0.1) is 11.3 Å². The number of hydrogen-bond acceptors (Lipinski definition) is 7. The van der Waals surface area contributed by atoms with Gasteiger partial charge in [-0.15, -0.1) is 24.5 Å². The van der Waals surface area contributed by atoms with E-state index < -0.39 is 6.36 Å². The average molecular weight is 341 g/mol. The molecule has 23 heavy (non-hydrogen) atoms. The second-order valence-corrected chi connectivity index (χ2v) is 5.01. The van der Waals surface area contributed by atoms with Crippen molar-refractivity contribution in [2.75, 3.05) is 0 Å². The highest BCUT2D eigenvalue weighted by molar-refractivity contribution is 7.11. The van der Waals surface area contributed by atoms with E-state index in [-0.39, 0.29) is 17.1 Å². The van der Waals surface area contributed by atoms with Gasteiger partial charge < -0.3 is 15.9 Å². The summed E-state index contributed by atoms with van der Waals surface area (Å²) in [5.41, 5.74) is 9.07. The number of thiazole rings is 1. The van der Waals surface area contributed by atoms with Gasteiger partial charge in [0.25, 0.3) is 0 Å². The van der Waals surface area contributed by atoms with Crippen LogP contribution in [-0.2, 0) is 0 Å². The van der Waals surface area contributed by atoms with Gasteiger partial charge in [-0.25, -0.2) is 10.8 Å². The predicted molar refractivity (Wildman–Crippen MR) is 78.3 cm³/mol. The number of rotatable bonds is 4. The molecule has 0 saturated heterocycles. The van der Waals surface area contributed by atoms with Crippen LogP contribution < -0.4 is 21.7 Å². The highest BCUT2D eigenvalue weighted by Gasteiger charge is 2.31. The monoisotopic (exact) mass is 341 g/mol. The smallest absolute Gasteiger partial charge is 0.406 e. The van der Waals surface area contributed by atoms with Crippen LogP contribution >= 0.6 is 11.3 Å². The number of aromatic nitrogens is 1. The third kappa shape index (κ3) is 4.12. The Morgan fingerprint density at radius 2 is 1.96 bits per heavy atom. The molecule has 120 valence electrons. The van der Waals surface area contributed by atoms with Gasteiger partial charge in [-0.1, -0.05) is 0 Å². The van der Waals surface area contributed by atoms with Gasteiger partial charge in [0.2, 0.25) is 0 Å². The lowest BCUT2D eigenvalue weighted by atomic mass is 10.2. The number of nitrogens with zero attached hydrogens (tertiary/aromatic N) is 2. The fourth-order valence-corrected chi connectivity index (χ4v) is 2.43. The number of hydrogen-bond donors (Lipinski definition) is 3. The molecule has 0 fully saturated rings. The van der Waals surface area contributed by atoms with Crippen LogP contribution in [0.25, 0.3) is 17.0 Å². The van der Waals surface area contributed by atoms with E-state index in [4.69, 9.17) is 16.8 Å². The molecule has 5 N–H and O–H groups in total. The van der Waals surface area contributed by atoms with Gasteiger partial charge in [-0.2, -0.15) is 5.26 Å². The molecule has 1 heterocycles. The van der Waals surface area contributed by atoms with E-state index in [9.17, 15) is 13.2 Å². The van der Waals surface area contributed by atoms with Crippen molar-refractivity contribution in [3.8, 4) is 23.1 Å². The minimum atomic E-state index is -4.74. The first-order valence-corrected chi connectivity index (χ1v) is 6.90. The Morgan fingerprint density at radius 3 is 2.48 bits per heavy atom. The number of halogens is 3. The lowest BCUT2D eigenvalue weighted by Gasteiger charge is -2.08. The van der Waals surface area contributed by atoms with Crippen LogP contribution in [0.15, 0.2) is 35.3 Å². The van der Waals surface area contributed by atoms with Crippen LogP contribution in [0.1, 0.15) is 5.01 Å². The van der Waals surface area contributed by atoms with Crippen molar-refractivity contribution in [2.24, 2.45) is 11.6 Å². The zero-order valence-electron chi connectivity index (χ0n) is 11.4. The van der Waals surface area contributed by atoms with Crippen molar-refractivity contribution < 1.29 is 17.9 Å². The van der Waals surface area contributed by atoms with E-state index in [0.717, 1.165) is 0 Å². The number of nitrogens with two attached hydrogens (primary N) is 2. The average Bonchev–Trinajstić information content (AvgIpc) is 2.97. The van der Waals surface area contributed by atoms with Crippen molar-refractivity contribution in [2.45, 2.75) is 6.36 Å². The van der Waals surface area contributed by atoms with E-state index in [1.807, 2.05) is 0 Å². The molecule has 0 radical (unpaired) electrons. The van der Waals surface area contributed by atoms with Crippen LogP contribution in [0.3, 0.4) is 0 Å². The number of allylic oxidation sites excluding steroid dienone is 1. The number of nitriles is 1. The number of alkyl halides is 3. The SMILES string of the molecule is N#C/C(NN)=C(/N)c1nc(-c2ccc(OC(F)(F)F)cc2)cs1. The Hall–Kier alpha value is -2.77. The summed E-state index contributed by atoms with van der Waals surface area (Å²) in [5, 5.41) is 10.9. The first-order chi connectivity index (χ1) is 10.8. The molecule has 0 spiro atoms. The summed E-state index contributed by atoms with van der Waals surface area (Å²) in [7, 11) is 0. The maximum Gasteiger partial charge on any atom is 0.573 e. The highest BCUT2D eigenvalue weighted by Crippen LogP contribution is 2.28. The first kappa shape index (κ1) is 16.6. The zero-order valence-corrected chi connectivity index (χ0v) is 12.2. The molecular formula is C13H10F3N5OS. The van der Waals surface area contributed by atoms with Gasteiger partial charge >= 0.3 is 6.36 Å². The summed E-state index contributed by atoms with van der Waals surface area (Å²) in [4.78, 5) is 4.23. The molecule has 0 aliphatic rings. The van der Waals surface area contributed by atoms with Crippen molar-refractivity contribution in [3.63, 3.8) is 0 Å². The Kier molecular flexibility index (Phi) is 4.73. The van der Waals surface area contributed by atoms with Crippen LogP contribution in [0.5, 0.6) is 5.75 Å². The van der Waals surface area contributed by atoms with Gasteiger partial charge in [0.15, 0.2) is 5.70 Å². The lowest BCUT2D eigenvalue weighted by molar-refractivity contribution is -0.274. The summed E-state index contributed by atoms with van der Waals surface area (Å²) in [6.07, 6.45) is -4.74. The number of benzene rings is 1. The summed E-state index contributed by atoms with van der Waals surface area (Å²) in [6, 6.07) is 7.03. The van der Waals surface area contributed by atoms with E-state index in [0.29, 0.717) is 16.3 Å². The van der Waals surface area contributed by atoms with Crippen LogP contribution in [0.2, 0.25) is 0 Å². The van der Waals surface area contributed by atoms with Gasteiger partial charge in [0.05, 0.1) is 5.69 Å². The molecule has 2 rings (SSSR count). The molecule has 10 heteroatoms. The number of hydrazine groups is 1. The molecule has 0 aliphatic heterocycles. The van der Waals surface area contributed by atoms with E-state index >= 15 is 0 Å². The van der Waals surface area contributed by atoms with E-state index in [1.165, 1.54) is 35.6 Å². The fourth-order valence-electron chi connectivity index (χ4n) is 1.63. The molecule has 0 bridgehead atoms. The standard InChI is InChI=1S/C13H10F3N5OS/c14-13(15,16)22-8-3-1-7(2-4-8)10-6-23-12(20-10)11(18)9(5-17)21-19/h1-4,6,21H,18-19H2/b11-9-. The van der Waals surface area contributed by atoms with E-state index in [2.05, 4.69) is 15.1 Å². The molecule has 0 aliphatic carbocycles. The molecule has 0 atom stereocenters. The molecule has 6 nitrogen and oxygen atoms in total. The molecule has 2 aromatic rings. The Morgan fingerprint density at radius 1 is 1.30 bits per heavy atom. The minimum Gasteiger partial charge on any atom is -0.406 e. The van der Waals surface area contributed by atoms with Gasteiger partial charge in [0, 0.05) is 10.9 Å². The molecule has 1 aromatic carbocycles. The molecule has 1 aromatic heterocycles. The summed E-state index contributed by atoms with van der Waals surface area (Å²) < 4.78 is 40.1. The van der Waals surface area contributed by atoms with Gasteiger partial charge in [0.1, 0.15) is 22.5 Å². The topological polar surface area (TPSA) is 110 Å². The minimum absolute atomic E-state index is 0.0279. The Labute approximate surface area is 132 Å². The second kappa shape index (κ2) is 6.55. The van der Waals surface area contributed by atoms with Crippen LogP contribution in [-0.4, -0.2) is 11.3 Å². The normalized spacial score (nSPS) is 12.3. The maximum absolute atomic E-state index is 12.1. The molecule has 0 unspecified atom stereocenters. The first-order valence-electron chi connectivity index (χ1n) is 6.02. The quantitative estimate of drug-likeness (QED) is 0.447. The Balaban J connectivity index is 2.25. The number of nitrogens with one attached hydrogen (secondary N) is 1. The number of ether oxygens (including phenoxy) is 1. The predicted octanol–water partition coefficient (Wildman–Crippen LogP) is 2.32. The van der Waals surface area contributed by atoms with Crippen molar-refractivity contribution >= 4 is 17.0 Å². The maximum atomic E-state index is 12.1. The largest absolute Gasteiger partial charge is 0.573 e. The molecule has 0 amide bonds. The van der Waals surface area contributed by atoms with Crippen molar-refractivity contribution in [1.82, 2.24) is 10.4 Å². The summed E-state index contributed by atoms with van der Waals surface area (Å²) >= 11 is 1.17. The van der Waals surface area contributed by atoms with Gasteiger partial charge in [-0.3, -0.25) is 0 Å². The second-order valence-electron chi connectivity index (χ2n) is 4.15. The lowest BCUT2D eigenvalue weighted by Crippen LogP contribution is -2.23. The molecular weight excluding hydrogens is 331 g/mol. The third-order valence-electron chi connectivity index (χ3n) is 2.64. The fraction of sp³-hybridized carbons (Fsp3) is 0.0769. The van der Waals surface area contributed by atoms with Crippen molar-refractivity contribution in [3.05, 3.63) is 40.4 Å². The zero-order chi connectivity index (χ0) is 17.0. The third-order valence-corrected chi connectivity index (χ3v) is 3.52. The van der Waals surface area contributed by atoms with Gasteiger partial charge in [-0.05, 0) is 24.3 Å². The molecule has 0 saturated carbocycles.